The molecule has 3 aromatic rings. The van der Waals surface area contributed by atoms with E-state index in [1.54, 1.807) is 28.9 Å². The molecule has 1 aromatic heterocycles. The van der Waals surface area contributed by atoms with Gasteiger partial charge in [0.15, 0.2) is 6.10 Å². The molecule has 9 heteroatoms. The predicted octanol–water partition coefficient (Wildman–Crippen LogP) is 3.43. The highest BCUT2D eigenvalue weighted by Crippen LogP contribution is 2.22. The van der Waals surface area contributed by atoms with Crippen LogP contribution in [0.2, 0.25) is 5.02 Å². The van der Waals surface area contributed by atoms with Gasteiger partial charge in [-0.3, -0.25) is 9.59 Å². The van der Waals surface area contributed by atoms with Crippen LogP contribution in [-0.2, 0) is 9.53 Å². The van der Waals surface area contributed by atoms with Gasteiger partial charge < -0.3 is 15.8 Å². The van der Waals surface area contributed by atoms with Gasteiger partial charge in [0, 0.05) is 11.3 Å². The number of halogens is 1. The number of anilines is 1. The molecule has 8 nitrogen and oxygen atoms in total. The van der Waals surface area contributed by atoms with Crippen molar-refractivity contribution in [3.05, 3.63) is 76.1 Å². The number of ether oxygens (including phenoxy) is 1. The van der Waals surface area contributed by atoms with Crippen molar-refractivity contribution in [2.75, 3.05) is 5.32 Å². The van der Waals surface area contributed by atoms with Gasteiger partial charge in [0.1, 0.15) is 0 Å². The summed E-state index contributed by atoms with van der Waals surface area (Å²) in [6, 6.07) is 12.7. The van der Waals surface area contributed by atoms with E-state index in [-0.39, 0.29) is 0 Å². The Morgan fingerprint density at radius 1 is 1.03 bits per heavy atom. The van der Waals surface area contributed by atoms with E-state index in [1.807, 2.05) is 13.8 Å². The molecule has 31 heavy (non-hydrogen) atoms. The summed E-state index contributed by atoms with van der Waals surface area (Å²) >= 11 is 6.18. The molecule has 160 valence electrons. The van der Waals surface area contributed by atoms with Crippen molar-refractivity contribution in [2.24, 2.45) is 5.73 Å². The second kappa shape index (κ2) is 9.01. The van der Waals surface area contributed by atoms with Crippen LogP contribution in [0.3, 0.4) is 0 Å². The summed E-state index contributed by atoms with van der Waals surface area (Å²) in [6.45, 7) is 5.14. The molecule has 3 rings (SSSR count). The Bertz CT molecular complexity index is 1140. The highest BCUT2D eigenvalue weighted by Gasteiger charge is 2.19. The number of carbonyl (C=O) groups is 3. The highest BCUT2D eigenvalue weighted by atomic mass is 35.5. The van der Waals surface area contributed by atoms with Crippen LogP contribution in [0, 0.1) is 13.8 Å². The molecule has 0 aliphatic heterocycles. The highest BCUT2D eigenvalue weighted by molar-refractivity contribution is 6.31. The lowest BCUT2D eigenvalue weighted by Gasteiger charge is -2.14. The Hall–Kier alpha value is -3.65. The molecule has 0 aliphatic carbocycles. The molecule has 0 saturated carbocycles. The van der Waals surface area contributed by atoms with E-state index in [1.165, 1.54) is 31.2 Å². The van der Waals surface area contributed by atoms with Crippen LogP contribution in [0.1, 0.15) is 39.0 Å². The zero-order chi connectivity index (χ0) is 22.7. The number of benzene rings is 2. The SMILES string of the molecule is Cc1nn(-c2ccc(C(=O)OC(C)C(=O)Nc3ccc(C(N)=O)cc3)cc2)c(C)c1Cl. The van der Waals surface area contributed by atoms with Crippen molar-refractivity contribution in [1.82, 2.24) is 9.78 Å². The quantitative estimate of drug-likeness (QED) is 0.569. The van der Waals surface area contributed by atoms with Crippen LogP contribution in [0.25, 0.3) is 5.69 Å². The number of hydrogen-bond acceptors (Lipinski definition) is 5. The Morgan fingerprint density at radius 3 is 2.13 bits per heavy atom. The monoisotopic (exact) mass is 440 g/mol. The topological polar surface area (TPSA) is 116 Å². The fraction of sp³-hybridized carbons (Fsp3) is 0.182. The van der Waals surface area contributed by atoms with Crippen molar-refractivity contribution in [3.8, 4) is 5.69 Å². The molecule has 0 radical (unpaired) electrons. The first-order chi connectivity index (χ1) is 14.7. The molecular formula is C22H21ClN4O4. The lowest BCUT2D eigenvalue weighted by atomic mass is 10.2. The van der Waals surface area contributed by atoms with Gasteiger partial charge in [-0.15, -0.1) is 0 Å². The third-order valence-corrected chi connectivity index (χ3v) is 5.19. The number of amides is 2. The predicted molar refractivity (Wildman–Crippen MR) is 117 cm³/mol. The normalized spacial score (nSPS) is 11.6. The Balaban J connectivity index is 1.63. The van der Waals surface area contributed by atoms with E-state index < -0.39 is 23.9 Å². The van der Waals surface area contributed by atoms with Crippen LogP contribution in [0.4, 0.5) is 5.69 Å². The number of esters is 1. The fourth-order valence-electron chi connectivity index (χ4n) is 2.86. The summed E-state index contributed by atoms with van der Waals surface area (Å²) in [7, 11) is 0. The van der Waals surface area contributed by atoms with Crippen molar-refractivity contribution >= 4 is 35.1 Å². The maximum absolute atomic E-state index is 12.4. The molecule has 2 aromatic carbocycles. The lowest BCUT2D eigenvalue weighted by Crippen LogP contribution is -2.30. The van der Waals surface area contributed by atoms with Gasteiger partial charge in [-0.05, 0) is 69.3 Å². The van der Waals surface area contributed by atoms with Gasteiger partial charge in [0.25, 0.3) is 5.91 Å². The van der Waals surface area contributed by atoms with Crippen molar-refractivity contribution in [2.45, 2.75) is 26.9 Å². The molecule has 2 amide bonds. The number of nitrogens with two attached hydrogens (primary N) is 1. The Kier molecular flexibility index (Phi) is 6.41. The molecule has 1 heterocycles. The number of primary amides is 1. The third-order valence-electron chi connectivity index (χ3n) is 4.64. The third kappa shape index (κ3) is 4.92. The fourth-order valence-corrected chi connectivity index (χ4v) is 2.98. The summed E-state index contributed by atoms with van der Waals surface area (Å²) in [5.74, 6) is -1.70. The second-order valence-electron chi connectivity index (χ2n) is 6.92. The first-order valence-corrected chi connectivity index (χ1v) is 9.79. The van der Waals surface area contributed by atoms with Crippen molar-refractivity contribution in [1.29, 1.82) is 0 Å². The van der Waals surface area contributed by atoms with Crippen molar-refractivity contribution in [3.63, 3.8) is 0 Å². The molecule has 3 N–H and O–H groups in total. The average Bonchev–Trinajstić information content (AvgIpc) is 3.01. The minimum atomic E-state index is -1.03. The molecule has 0 spiro atoms. The van der Waals surface area contributed by atoms with Gasteiger partial charge in [-0.2, -0.15) is 5.10 Å². The summed E-state index contributed by atoms with van der Waals surface area (Å²) in [4.78, 5) is 35.8. The summed E-state index contributed by atoms with van der Waals surface area (Å²) in [6.07, 6.45) is -1.03. The molecular weight excluding hydrogens is 420 g/mol. The second-order valence-corrected chi connectivity index (χ2v) is 7.30. The summed E-state index contributed by atoms with van der Waals surface area (Å²) in [5.41, 5.74) is 8.51. The summed E-state index contributed by atoms with van der Waals surface area (Å²) in [5, 5.41) is 7.58. The minimum absolute atomic E-state index is 0.293. The zero-order valence-electron chi connectivity index (χ0n) is 17.2. The molecule has 0 fully saturated rings. The number of nitrogens with one attached hydrogen (secondary N) is 1. The van der Waals surface area contributed by atoms with Crippen LogP contribution < -0.4 is 11.1 Å². The number of rotatable bonds is 6. The first-order valence-electron chi connectivity index (χ1n) is 9.41. The smallest absolute Gasteiger partial charge is 0.338 e. The minimum Gasteiger partial charge on any atom is -0.449 e. The maximum atomic E-state index is 12.4. The van der Waals surface area contributed by atoms with Crippen molar-refractivity contribution < 1.29 is 19.1 Å². The number of aromatic nitrogens is 2. The van der Waals surface area contributed by atoms with E-state index in [0.717, 1.165) is 11.4 Å². The van der Waals surface area contributed by atoms with Gasteiger partial charge >= 0.3 is 5.97 Å². The van der Waals surface area contributed by atoms with Gasteiger partial charge in [0.2, 0.25) is 5.91 Å². The maximum Gasteiger partial charge on any atom is 0.338 e. The summed E-state index contributed by atoms with van der Waals surface area (Å²) < 4.78 is 6.94. The Morgan fingerprint density at radius 2 is 1.61 bits per heavy atom. The number of carbonyl (C=O) groups excluding carboxylic acids is 3. The first kappa shape index (κ1) is 22.0. The lowest BCUT2D eigenvalue weighted by molar-refractivity contribution is -0.123. The average molecular weight is 441 g/mol. The number of nitrogens with zero attached hydrogens (tertiary/aromatic N) is 2. The molecule has 1 atom stereocenters. The standard InChI is InChI=1S/C22H21ClN4O4/c1-12-19(23)13(2)27(26-12)18-10-6-16(7-11-18)22(30)31-14(3)21(29)25-17-8-4-15(5-9-17)20(24)28/h4-11,14H,1-3H3,(H2,24,28)(H,25,29). The molecule has 0 saturated heterocycles. The Labute approximate surface area is 183 Å². The van der Waals surface area contributed by atoms with Crippen LogP contribution in [0.15, 0.2) is 48.5 Å². The van der Waals surface area contributed by atoms with E-state index in [2.05, 4.69) is 10.4 Å². The number of aryl methyl sites for hydroxylation is 1. The van der Waals surface area contributed by atoms with Gasteiger partial charge in [-0.25, -0.2) is 9.48 Å². The van der Waals surface area contributed by atoms with Crippen LogP contribution in [0.5, 0.6) is 0 Å². The van der Waals surface area contributed by atoms with Gasteiger partial charge in [0.05, 0.1) is 27.7 Å². The number of hydrogen-bond donors (Lipinski definition) is 2. The zero-order valence-corrected chi connectivity index (χ0v) is 17.9. The van der Waals surface area contributed by atoms with E-state index in [9.17, 15) is 14.4 Å². The molecule has 0 bridgehead atoms. The van der Waals surface area contributed by atoms with Crippen LogP contribution >= 0.6 is 11.6 Å². The van der Waals surface area contributed by atoms with Gasteiger partial charge in [-0.1, -0.05) is 11.6 Å². The van der Waals surface area contributed by atoms with E-state index in [4.69, 9.17) is 22.1 Å². The van der Waals surface area contributed by atoms with E-state index in [0.29, 0.717) is 27.5 Å². The largest absolute Gasteiger partial charge is 0.449 e. The van der Waals surface area contributed by atoms with E-state index >= 15 is 0 Å². The molecule has 0 aliphatic rings. The van der Waals surface area contributed by atoms with Crippen LogP contribution in [-0.4, -0.2) is 33.7 Å². The molecule has 1 unspecified atom stereocenters.